The van der Waals surface area contributed by atoms with Gasteiger partial charge in [0.1, 0.15) is 5.82 Å². The molecule has 3 aromatic rings. The van der Waals surface area contributed by atoms with E-state index in [1.165, 1.54) is 0 Å². The van der Waals surface area contributed by atoms with Crippen LogP contribution in [0.2, 0.25) is 0 Å². The van der Waals surface area contributed by atoms with Gasteiger partial charge in [-0.3, -0.25) is 4.79 Å². The van der Waals surface area contributed by atoms with Gasteiger partial charge in [0.05, 0.1) is 5.54 Å². The quantitative estimate of drug-likeness (QED) is 0.700. The van der Waals surface area contributed by atoms with Crippen LogP contribution in [-0.4, -0.2) is 12.5 Å². The largest absolute Gasteiger partial charge is 0.481 e. The van der Waals surface area contributed by atoms with Crippen molar-refractivity contribution in [3.8, 4) is 5.75 Å². The van der Waals surface area contributed by atoms with E-state index in [1.54, 1.807) is 0 Å². The minimum atomic E-state index is -0.850. The van der Waals surface area contributed by atoms with Crippen LogP contribution >= 0.6 is 0 Å². The fourth-order valence-electron chi connectivity index (χ4n) is 2.90. The lowest BCUT2D eigenvalue weighted by Gasteiger charge is -2.32. The highest BCUT2D eigenvalue weighted by Gasteiger charge is 2.30. The maximum atomic E-state index is 13.7. The lowest BCUT2D eigenvalue weighted by Crippen LogP contribution is -2.46. The Hall–Kier alpha value is -3.21. The SMILES string of the molecule is CC(NC(=O)COc1ccc(F)cc1F)(c1ccccc1)c1ccccc1. The fourth-order valence-corrected chi connectivity index (χ4v) is 2.90. The molecular weight excluding hydrogens is 348 g/mol. The van der Waals surface area contributed by atoms with E-state index in [0.29, 0.717) is 6.07 Å². The number of hydrogen-bond donors (Lipinski definition) is 1. The normalized spacial score (nSPS) is 11.1. The second-order valence-electron chi connectivity index (χ2n) is 6.27. The molecule has 0 fully saturated rings. The van der Waals surface area contributed by atoms with Gasteiger partial charge in [-0.15, -0.1) is 0 Å². The first-order valence-corrected chi connectivity index (χ1v) is 8.49. The smallest absolute Gasteiger partial charge is 0.258 e. The Balaban J connectivity index is 1.79. The lowest BCUT2D eigenvalue weighted by molar-refractivity contribution is -0.124. The zero-order chi connectivity index (χ0) is 19.3. The van der Waals surface area contributed by atoms with Crippen molar-refractivity contribution in [2.24, 2.45) is 0 Å². The number of carbonyl (C=O) groups excluding carboxylic acids is 1. The summed E-state index contributed by atoms with van der Waals surface area (Å²) >= 11 is 0. The van der Waals surface area contributed by atoms with Crippen LogP contribution in [0.25, 0.3) is 0 Å². The van der Waals surface area contributed by atoms with Crippen molar-refractivity contribution in [2.75, 3.05) is 6.61 Å². The summed E-state index contributed by atoms with van der Waals surface area (Å²) in [6.45, 7) is 1.51. The Bertz CT molecular complexity index is 875. The molecule has 1 N–H and O–H groups in total. The highest BCUT2D eigenvalue weighted by Crippen LogP contribution is 2.29. The maximum absolute atomic E-state index is 13.7. The summed E-state index contributed by atoms with van der Waals surface area (Å²) in [6, 6.07) is 22.0. The van der Waals surface area contributed by atoms with Crippen molar-refractivity contribution >= 4 is 5.91 Å². The minimum absolute atomic E-state index is 0.173. The molecule has 0 bridgehead atoms. The number of carbonyl (C=O) groups is 1. The van der Waals surface area contributed by atoms with Crippen LogP contribution in [0, 0.1) is 11.6 Å². The summed E-state index contributed by atoms with van der Waals surface area (Å²) in [6.07, 6.45) is 0. The van der Waals surface area contributed by atoms with Crippen molar-refractivity contribution in [3.63, 3.8) is 0 Å². The molecule has 0 atom stereocenters. The van der Waals surface area contributed by atoms with Crippen LogP contribution in [0.4, 0.5) is 8.78 Å². The predicted octanol–water partition coefficient (Wildman–Crippen LogP) is 4.42. The molecule has 138 valence electrons. The average molecular weight is 367 g/mol. The Labute approximate surface area is 156 Å². The Morgan fingerprint density at radius 3 is 2.00 bits per heavy atom. The van der Waals surface area contributed by atoms with E-state index in [-0.39, 0.29) is 5.75 Å². The van der Waals surface area contributed by atoms with Gasteiger partial charge in [-0.25, -0.2) is 8.78 Å². The molecule has 0 unspecified atom stereocenters. The zero-order valence-corrected chi connectivity index (χ0v) is 14.8. The molecule has 0 heterocycles. The summed E-state index contributed by atoms with van der Waals surface area (Å²) in [5.74, 6) is -2.15. The first-order chi connectivity index (χ1) is 13.0. The van der Waals surface area contributed by atoms with E-state index in [9.17, 15) is 13.6 Å². The van der Waals surface area contributed by atoms with Crippen molar-refractivity contribution < 1.29 is 18.3 Å². The molecule has 0 aliphatic carbocycles. The third-order valence-electron chi connectivity index (χ3n) is 4.34. The highest BCUT2D eigenvalue weighted by molar-refractivity contribution is 5.79. The monoisotopic (exact) mass is 367 g/mol. The van der Waals surface area contributed by atoms with Crippen LogP contribution in [0.3, 0.4) is 0 Å². The van der Waals surface area contributed by atoms with Crippen molar-refractivity contribution in [3.05, 3.63) is 102 Å². The molecule has 3 aromatic carbocycles. The Morgan fingerprint density at radius 2 is 1.48 bits per heavy atom. The van der Waals surface area contributed by atoms with Crippen LogP contribution in [-0.2, 0) is 10.3 Å². The van der Waals surface area contributed by atoms with Gasteiger partial charge in [-0.05, 0) is 30.2 Å². The molecule has 0 aliphatic rings. The lowest BCUT2D eigenvalue weighted by atomic mass is 9.84. The van der Waals surface area contributed by atoms with Crippen molar-refractivity contribution in [1.29, 1.82) is 0 Å². The standard InChI is InChI=1S/C22H19F2NO2/c1-22(16-8-4-2-5-9-16,17-10-6-3-7-11-17)25-21(26)15-27-20-13-12-18(23)14-19(20)24/h2-14H,15H2,1H3,(H,25,26). The van der Waals surface area contributed by atoms with E-state index in [1.807, 2.05) is 67.6 Å². The number of amides is 1. The third kappa shape index (κ3) is 4.31. The van der Waals surface area contributed by atoms with E-state index < -0.39 is 29.7 Å². The molecule has 3 rings (SSSR count). The van der Waals surface area contributed by atoms with Crippen molar-refractivity contribution in [1.82, 2.24) is 5.32 Å². The Morgan fingerprint density at radius 1 is 0.926 bits per heavy atom. The zero-order valence-electron chi connectivity index (χ0n) is 14.8. The molecule has 3 nitrogen and oxygen atoms in total. The predicted molar refractivity (Wildman–Crippen MR) is 99.3 cm³/mol. The van der Waals surface area contributed by atoms with E-state index in [4.69, 9.17) is 4.74 Å². The molecule has 0 aromatic heterocycles. The number of hydrogen-bond acceptors (Lipinski definition) is 2. The molecule has 0 saturated heterocycles. The van der Waals surface area contributed by atoms with E-state index in [0.717, 1.165) is 23.3 Å². The van der Waals surface area contributed by atoms with Gasteiger partial charge in [0.25, 0.3) is 5.91 Å². The maximum Gasteiger partial charge on any atom is 0.258 e. The van der Waals surface area contributed by atoms with Gasteiger partial charge in [-0.2, -0.15) is 0 Å². The Kier molecular flexibility index (Phi) is 5.50. The van der Waals surface area contributed by atoms with Crippen LogP contribution in [0.5, 0.6) is 5.75 Å². The number of halogens is 2. The first-order valence-electron chi connectivity index (χ1n) is 8.49. The number of ether oxygens (including phenoxy) is 1. The van der Waals surface area contributed by atoms with Crippen LogP contribution < -0.4 is 10.1 Å². The molecule has 5 heteroatoms. The number of benzene rings is 3. The van der Waals surface area contributed by atoms with E-state index in [2.05, 4.69) is 5.32 Å². The van der Waals surface area contributed by atoms with Gasteiger partial charge in [0.15, 0.2) is 18.2 Å². The molecule has 0 aliphatic heterocycles. The highest BCUT2D eigenvalue weighted by atomic mass is 19.1. The van der Waals surface area contributed by atoms with Crippen molar-refractivity contribution in [2.45, 2.75) is 12.5 Å². The molecule has 1 amide bonds. The van der Waals surface area contributed by atoms with E-state index >= 15 is 0 Å². The summed E-state index contributed by atoms with van der Waals surface area (Å²) in [7, 11) is 0. The summed E-state index contributed by atoms with van der Waals surface area (Å²) in [4.78, 5) is 12.5. The summed E-state index contributed by atoms with van der Waals surface area (Å²) < 4.78 is 31.9. The second-order valence-corrected chi connectivity index (χ2v) is 6.27. The summed E-state index contributed by atoms with van der Waals surface area (Å²) in [5.41, 5.74) is 1.01. The third-order valence-corrected chi connectivity index (χ3v) is 4.34. The molecule has 27 heavy (non-hydrogen) atoms. The topological polar surface area (TPSA) is 38.3 Å². The number of nitrogens with one attached hydrogen (secondary N) is 1. The second kappa shape index (κ2) is 7.99. The molecule has 0 radical (unpaired) electrons. The fraction of sp³-hybridized carbons (Fsp3) is 0.136. The van der Waals surface area contributed by atoms with Crippen LogP contribution in [0.1, 0.15) is 18.1 Å². The average Bonchev–Trinajstić information content (AvgIpc) is 2.68. The van der Waals surface area contributed by atoms with Gasteiger partial charge < -0.3 is 10.1 Å². The van der Waals surface area contributed by atoms with Gasteiger partial charge >= 0.3 is 0 Å². The van der Waals surface area contributed by atoms with Gasteiger partial charge in [0.2, 0.25) is 0 Å². The minimum Gasteiger partial charge on any atom is -0.481 e. The molecule has 0 spiro atoms. The van der Waals surface area contributed by atoms with Gasteiger partial charge in [-0.1, -0.05) is 60.7 Å². The number of rotatable bonds is 6. The van der Waals surface area contributed by atoms with Gasteiger partial charge in [0, 0.05) is 6.07 Å². The summed E-state index contributed by atoms with van der Waals surface area (Å²) in [5, 5.41) is 2.97. The molecular formula is C22H19F2NO2. The molecule has 0 saturated carbocycles. The van der Waals surface area contributed by atoms with Crippen LogP contribution in [0.15, 0.2) is 78.9 Å². The first kappa shape index (κ1) is 18.6.